The highest BCUT2D eigenvalue weighted by Crippen LogP contribution is 2.43. The van der Waals surface area contributed by atoms with Gasteiger partial charge in [-0.3, -0.25) is 0 Å². The van der Waals surface area contributed by atoms with E-state index in [1.807, 2.05) is 109 Å². The van der Waals surface area contributed by atoms with E-state index in [-0.39, 0.29) is 36.1 Å². The van der Waals surface area contributed by atoms with Crippen molar-refractivity contribution in [3.05, 3.63) is 201 Å². The molecule has 0 radical (unpaired) electrons. The molecule has 0 saturated carbocycles. The molecule has 3 aromatic heterocycles. The van der Waals surface area contributed by atoms with E-state index in [0.717, 1.165) is 38.9 Å². The number of rotatable bonds is 13. The molecule has 0 aliphatic rings. The van der Waals surface area contributed by atoms with Gasteiger partial charge in [0.15, 0.2) is 29.6 Å². The molecular weight excluding hydrogens is 745 g/mol. The van der Waals surface area contributed by atoms with E-state index in [1.54, 1.807) is 25.3 Å². The second-order valence-electron chi connectivity index (χ2n) is 14.7. The zero-order chi connectivity index (χ0) is 41.1. The van der Waals surface area contributed by atoms with Gasteiger partial charge in [0.25, 0.3) is 0 Å². The van der Waals surface area contributed by atoms with Crippen LogP contribution >= 0.6 is 0 Å². The summed E-state index contributed by atoms with van der Waals surface area (Å²) in [6.07, 6.45) is 0.489. The fourth-order valence-electron chi connectivity index (χ4n) is 7.67. The van der Waals surface area contributed by atoms with Gasteiger partial charge in [-0.25, -0.2) is 19.3 Å². The Bertz CT molecular complexity index is 2670. The Morgan fingerprint density at radius 3 is 1.85 bits per heavy atom. The van der Waals surface area contributed by atoms with Crippen LogP contribution in [0.4, 0.5) is 0 Å². The van der Waals surface area contributed by atoms with Crippen LogP contribution in [-0.4, -0.2) is 40.8 Å². The van der Waals surface area contributed by atoms with Crippen molar-refractivity contribution in [2.45, 2.75) is 58.4 Å². The van der Waals surface area contributed by atoms with Crippen molar-refractivity contribution in [3.63, 3.8) is 0 Å². The van der Waals surface area contributed by atoms with E-state index in [1.165, 1.54) is 0 Å². The largest absolute Gasteiger partial charge is 0.519 e. The van der Waals surface area contributed by atoms with Crippen LogP contribution in [0.25, 0.3) is 22.5 Å². The number of imidazole rings is 1. The summed E-state index contributed by atoms with van der Waals surface area (Å²) in [6.45, 7) is 6.57. The lowest BCUT2D eigenvalue weighted by Crippen LogP contribution is -2.39. The normalized spacial score (nSPS) is 11.8. The quantitative estimate of drug-likeness (QED) is 0.0897. The van der Waals surface area contributed by atoms with Crippen molar-refractivity contribution in [2.75, 3.05) is 0 Å². The maximum atomic E-state index is 13.7. The molecule has 0 amide bonds. The summed E-state index contributed by atoms with van der Waals surface area (Å²) in [4.78, 5) is 30.0. The fraction of sp³-hybridized carbons (Fsp3) is 0.191. The minimum atomic E-state index is -1.45. The van der Waals surface area contributed by atoms with Crippen LogP contribution < -0.4 is 5.82 Å². The van der Waals surface area contributed by atoms with Gasteiger partial charge in [0.05, 0.1) is 0 Å². The predicted molar refractivity (Wildman–Crippen MR) is 220 cm³/mol. The zero-order valence-corrected chi connectivity index (χ0v) is 33.1. The second kappa shape index (κ2) is 16.0. The maximum absolute atomic E-state index is 13.7. The van der Waals surface area contributed by atoms with Crippen molar-refractivity contribution in [2.24, 2.45) is 0 Å². The molecule has 8 rings (SSSR count). The highest BCUT2D eigenvalue weighted by molar-refractivity contribution is 5.89. The minimum absolute atomic E-state index is 0.103. The smallest absolute Gasteiger partial charge is 0.453 e. The number of benzene rings is 5. The molecule has 0 spiro atoms. The first-order valence-corrected chi connectivity index (χ1v) is 19.3. The third-order valence-electron chi connectivity index (χ3n) is 10.4. The number of ether oxygens (including phenoxy) is 1. The van der Waals surface area contributed by atoms with Crippen LogP contribution in [0.5, 0.6) is 0 Å². The van der Waals surface area contributed by atoms with Gasteiger partial charge in [0.2, 0.25) is 0 Å². The number of esters is 1. The standard InChI is InChI=1S/C47H42N6O6/c1-5-40-48-42(46(3,4)56)41(44(54)57-30-39-31(2)58-45(55)59-39)52(40)29-32-25-27-33(28-26-32)37-23-15-16-24-38(37)43-49-50-51-53(43)47(34-17-9-6-10-18-34,35-19-11-7-12-20-35)36-21-13-8-14-22-36/h6-28,56H,5,29-30H2,1-4H3. The van der Waals surface area contributed by atoms with Gasteiger partial charge in [-0.05, 0) is 64.6 Å². The van der Waals surface area contributed by atoms with Crippen molar-refractivity contribution in [3.8, 4) is 22.5 Å². The van der Waals surface area contributed by atoms with E-state index in [2.05, 4.69) is 47.7 Å². The lowest BCUT2D eigenvalue weighted by atomic mass is 9.77. The van der Waals surface area contributed by atoms with E-state index in [4.69, 9.17) is 28.9 Å². The number of aliphatic hydroxyl groups is 1. The van der Waals surface area contributed by atoms with Crippen LogP contribution in [0.2, 0.25) is 0 Å². The Labute approximate surface area is 340 Å². The highest BCUT2D eigenvalue weighted by atomic mass is 16.6. The molecule has 0 fully saturated rings. The molecule has 5 aromatic carbocycles. The van der Waals surface area contributed by atoms with Crippen LogP contribution in [0.3, 0.4) is 0 Å². The van der Waals surface area contributed by atoms with E-state index < -0.39 is 22.9 Å². The molecule has 0 bridgehead atoms. The Morgan fingerprint density at radius 1 is 0.763 bits per heavy atom. The number of aryl methyl sites for hydroxylation is 2. The maximum Gasteiger partial charge on any atom is 0.519 e. The Balaban J connectivity index is 1.18. The molecule has 0 saturated heterocycles. The summed E-state index contributed by atoms with van der Waals surface area (Å²) >= 11 is 0. The van der Waals surface area contributed by atoms with Gasteiger partial charge in [-0.1, -0.05) is 146 Å². The molecule has 0 aliphatic heterocycles. The molecule has 8 aromatic rings. The van der Waals surface area contributed by atoms with Crippen molar-refractivity contribution >= 4 is 5.97 Å². The molecule has 0 aliphatic carbocycles. The molecule has 12 heteroatoms. The summed E-state index contributed by atoms with van der Waals surface area (Å²) in [5.74, 6) is -0.105. The lowest BCUT2D eigenvalue weighted by molar-refractivity contribution is 0.0395. The molecule has 1 N–H and O–H groups in total. The molecular formula is C47H42N6O6. The van der Waals surface area contributed by atoms with Crippen molar-refractivity contribution in [1.82, 2.24) is 29.8 Å². The Morgan fingerprint density at radius 2 is 1.32 bits per heavy atom. The Kier molecular flexibility index (Phi) is 10.5. The number of nitrogens with zero attached hydrogens (tertiary/aromatic N) is 6. The number of carbonyl (C=O) groups excluding carboxylic acids is 1. The predicted octanol–water partition coefficient (Wildman–Crippen LogP) is 8.09. The SMILES string of the molecule is CCc1nc(C(C)(C)O)c(C(=O)OCc2oc(=O)oc2C)n1Cc1ccc(-c2ccccc2-c2nnnn2C(c2ccccc2)(c2ccccc2)c2ccccc2)cc1. The number of hydrogen-bond donors (Lipinski definition) is 1. The van der Waals surface area contributed by atoms with Crippen molar-refractivity contribution < 1.29 is 23.5 Å². The topological polar surface area (TPSA) is 151 Å². The third kappa shape index (κ3) is 7.30. The van der Waals surface area contributed by atoms with Crippen LogP contribution in [0.15, 0.2) is 153 Å². The average Bonchev–Trinajstić information content (AvgIpc) is 3.98. The minimum Gasteiger partial charge on any atom is -0.453 e. The third-order valence-corrected chi connectivity index (χ3v) is 10.4. The number of aromatic nitrogens is 6. The van der Waals surface area contributed by atoms with Crippen LogP contribution in [-0.2, 0) is 35.4 Å². The van der Waals surface area contributed by atoms with Gasteiger partial charge < -0.3 is 23.2 Å². The van der Waals surface area contributed by atoms with Gasteiger partial charge in [-0.2, -0.15) is 0 Å². The molecule has 59 heavy (non-hydrogen) atoms. The fourth-order valence-corrected chi connectivity index (χ4v) is 7.67. The van der Waals surface area contributed by atoms with E-state index in [9.17, 15) is 14.7 Å². The average molecular weight is 787 g/mol. The number of tetrazole rings is 1. The van der Waals surface area contributed by atoms with E-state index in [0.29, 0.717) is 18.1 Å². The first-order chi connectivity index (χ1) is 28.6. The van der Waals surface area contributed by atoms with Gasteiger partial charge in [0, 0.05) is 18.5 Å². The zero-order valence-electron chi connectivity index (χ0n) is 33.1. The van der Waals surface area contributed by atoms with Crippen LogP contribution in [0, 0.1) is 6.92 Å². The molecule has 12 nitrogen and oxygen atoms in total. The second-order valence-corrected chi connectivity index (χ2v) is 14.7. The number of carbonyl (C=O) groups is 1. The van der Waals surface area contributed by atoms with Gasteiger partial charge >= 0.3 is 11.8 Å². The molecule has 0 unspecified atom stereocenters. The summed E-state index contributed by atoms with van der Waals surface area (Å²) < 4.78 is 19.2. The highest BCUT2D eigenvalue weighted by Gasteiger charge is 2.42. The van der Waals surface area contributed by atoms with E-state index >= 15 is 0 Å². The molecule has 3 heterocycles. The summed E-state index contributed by atoms with van der Waals surface area (Å²) in [5, 5.41) is 24.9. The first-order valence-electron chi connectivity index (χ1n) is 19.3. The molecule has 296 valence electrons. The summed E-state index contributed by atoms with van der Waals surface area (Å²) in [7, 11) is 0. The Hall–Kier alpha value is -7.18. The van der Waals surface area contributed by atoms with Crippen LogP contribution in [0.1, 0.15) is 76.6 Å². The lowest BCUT2D eigenvalue weighted by Gasteiger charge is -2.36. The van der Waals surface area contributed by atoms with Gasteiger partial charge in [0.1, 0.15) is 22.7 Å². The summed E-state index contributed by atoms with van der Waals surface area (Å²) in [5.41, 5.74) is 4.48. The summed E-state index contributed by atoms with van der Waals surface area (Å²) in [6, 6.07) is 46.9. The van der Waals surface area contributed by atoms with Gasteiger partial charge in [-0.15, -0.1) is 5.10 Å². The van der Waals surface area contributed by atoms with Crippen molar-refractivity contribution in [1.29, 1.82) is 0 Å². The monoisotopic (exact) mass is 786 g/mol. The molecule has 0 atom stereocenters. The number of hydrogen-bond acceptors (Lipinski definition) is 10. The first kappa shape index (κ1) is 38.7.